The molecule has 1 nitrogen and oxygen atoms in total. The summed E-state index contributed by atoms with van der Waals surface area (Å²) in [4.78, 5) is 0. The second-order valence-electron chi connectivity index (χ2n) is 18.7. The van der Waals surface area contributed by atoms with E-state index in [9.17, 15) is 0 Å². The van der Waals surface area contributed by atoms with Gasteiger partial charge >= 0.3 is 0 Å². The fraction of sp³-hybridized carbons (Fsp3) is 0.556. The molecule has 0 amide bonds. The van der Waals surface area contributed by atoms with E-state index in [-0.39, 0.29) is 21.7 Å². The second kappa shape index (κ2) is 12.4. The van der Waals surface area contributed by atoms with Crippen molar-refractivity contribution in [3.8, 4) is 5.75 Å². The van der Waals surface area contributed by atoms with Crippen LogP contribution in [0.15, 0.2) is 59.7 Å². The van der Waals surface area contributed by atoms with E-state index in [0.29, 0.717) is 12.1 Å². The lowest BCUT2D eigenvalue weighted by Crippen LogP contribution is -2.55. The predicted molar refractivity (Wildman–Crippen MR) is 217 cm³/mol. The summed E-state index contributed by atoms with van der Waals surface area (Å²) in [6, 6.07) is 12.4. The van der Waals surface area contributed by atoms with Gasteiger partial charge in [-0.25, -0.2) is 0 Å². The Morgan fingerprint density at radius 2 is 1.60 bits per heavy atom. The molecule has 0 N–H and O–H groups in total. The molecule has 3 aliphatic carbocycles. The minimum absolute atomic E-state index is 0.0296. The molecule has 2 aromatic carbocycles. The molecule has 0 bridgehead atoms. The van der Waals surface area contributed by atoms with Crippen LogP contribution in [0, 0.1) is 17.8 Å². The van der Waals surface area contributed by atoms with Gasteiger partial charge in [-0.05, 0) is 85.1 Å². The standard InChI is InChI=1S/C45H65OSi2/c1-17-24-46-39-35(25-29(4)40(47(15)16)38(39)43(8,9)10)48(18-2,19-3)41-34-28-44(11,12)23-22-32(34)37-36(41)33-26-31(42(5,6)7)21-20-30(33)27-45(37,13)14/h17,20-21,25-28,41H,1,18-19,22-24H2,2-16H3. The molecule has 2 aromatic rings. The van der Waals surface area contributed by atoms with Gasteiger partial charge in [-0.2, -0.15) is 0 Å². The molecule has 3 heteroatoms. The summed E-state index contributed by atoms with van der Waals surface area (Å²) in [7, 11) is -3.10. The van der Waals surface area contributed by atoms with Gasteiger partial charge in [-0.1, -0.05) is 168 Å². The summed E-state index contributed by atoms with van der Waals surface area (Å²) in [5.41, 5.74) is 11.6. The Morgan fingerprint density at radius 1 is 0.958 bits per heavy atom. The van der Waals surface area contributed by atoms with Crippen molar-refractivity contribution >= 4 is 38.9 Å². The average molecular weight is 678 g/mol. The number of ether oxygens (including phenoxy) is 1. The fourth-order valence-electron chi connectivity index (χ4n) is 9.62. The third-order valence-corrected chi connectivity index (χ3v) is 19.2. The highest BCUT2D eigenvalue weighted by Gasteiger charge is 2.54. The summed E-state index contributed by atoms with van der Waals surface area (Å²) in [6.45, 7) is 41.2. The van der Waals surface area contributed by atoms with Crippen LogP contribution >= 0.6 is 0 Å². The fourth-order valence-corrected chi connectivity index (χ4v) is 16.7. The summed E-state index contributed by atoms with van der Waals surface area (Å²) in [6.07, 6.45) is 9.64. The smallest absolute Gasteiger partial charge is 0.122 e. The number of fused-ring (bicyclic) bond motifs is 3. The zero-order valence-corrected chi connectivity index (χ0v) is 35.3. The van der Waals surface area contributed by atoms with Gasteiger partial charge in [0.2, 0.25) is 0 Å². The lowest BCUT2D eigenvalue weighted by Gasteiger charge is -2.44. The number of benzene rings is 2. The highest BCUT2D eigenvalue weighted by Crippen LogP contribution is 2.62. The molecule has 1 radical (unpaired) electrons. The third kappa shape index (κ3) is 6.04. The van der Waals surface area contributed by atoms with Gasteiger partial charge in [0.1, 0.15) is 20.4 Å². The van der Waals surface area contributed by atoms with Crippen LogP contribution in [-0.2, 0) is 10.8 Å². The van der Waals surface area contributed by atoms with Crippen LogP contribution in [-0.4, -0.2) is 23.5 Å². The van der Waals surface area contributed by atoms with Crippen LogP contribution in [0.2, 0.25) is 30.7 Å². The van der Waals surface area contributed by atoms with Gasteiger partial charge in [0.05, 0.1) is 8.80 Å². The highest BCUT2D eigenvalue weighted by atomic mass is 28.3. The predicted octanol–water partition coefficient (Wildman–Crippen LogP) is 9.91. The van der Waals surface area contributed by atoms with Crippen LogP contribution < -0.4 is 25.5 Å². The Balaban J connectivity index is 2.02. The number of allylic oxidation sites excluding steroid dienone is 4. The number of rotatable bonds is 8. The normalized spacial score (nSPS) is 20.2. The summed E-state index contributed by atoms with van der Waals surface area (Å²) < 4.78 is 7.03. The summed E-state index contributed by atoms with van der Waals surface area (Å²) in [5, 5.41) is 6.02. The summed E-state index contributed by atoms with van der Waals surface area (Å²) >= 11 is 0. The second-order valence-corrected chi connectivity index (χ2v) is 26.1. The topological polar surface area (TPSA) is 9.23 Å². The highest BCUT2D eigenvalue weighted by molar-refractivity contribution is 6.95. The van der Waals surface area contributed by atoms with Crippen molar-refractivity contribution in [2.45, 2.75) is 144 Å². The van der Waals surface area contributed by atoms with E-state index in [1.165, 1.54) is 57.8 Å². The molecule has 1 unspecified atom stereocenters. The first-order valence-corrected chi connectivity index (χ1v) is 23.7. The SMILES string of the molecule is C=CCOc1c([Si](CC)(CC)C2C3=CC(C)(C)CCC3=C3C2=c2cc(C(C)(C)C)ccc2=CC3(C)C)cc(C)c([Si](C)C)c1C(C)(C)C. The molecule has 1 atom stereocenters. The average Bonchev–Trinajstić information content (AvgIpc) is 3.31. The molecule has 0 fully saturated rings. The van der Waals surface area contributed by atoms with E-state index in [2.05, 4.69) is 146 Å². The number of hydrogen-bond donors (Lipinski definition) is 0. The molecular formula is C45H65OSi2. The lowest BCUT2D eigenvalue weighted by molar-refractivity contribution is 0.354. The minimum atomic E-state index is -2.36. The van der Waals surface area contributed by atoms with Crippen molar-refractivity contribution in [1.29, 1.82) is 0 Å². The molecule has 0 saturated carbocycles. The Labute approximate surface area is 297 Å². The molecule has 259 valence electrons. The van der Waals surface area contributed by atoms with E-state index < -0.39 is 16.9 Å². The molecule has 0 aliphatic heterocycles. The molecular weight excluding hydrogens is 613 g/mol. The van der Waals surface area contributed by atoms with Crippen molar-refractivity contribution in [3.05, 3.63) is 86.8 Å². The Kier molecular flexibility index (Phi) is 9.57. The maximum absolute atomic E-state index is 7.03. The zero-order chi connectivity index (χ0) is 35.8. The Morgan fingerprint density at radius 3 is 2.15 bits per heavy atom. The first kappa shape index (κ1) is 36.9. The van der Waals surface area contributed by atoms with Crippen LogP contribution in [0.1, 0.15) is 113 Å². The van der Waals surface area contributed by atoms with Gasteiger partial charge in [0, 0.05) is 11.0 Å². The van der Waals surface area contributed by atoms with E-state index in [0.717, 1.165) is 0 Å². The molecule has 3 aliphatic rings. The zero-order valence-electron chi connectivity index (χ0n) is 33.3. The van der Waals surface area contributed by atoms with Gasteiger partial charge in [0.25, 0.3) is 0 Å². The quantitative estimate of drug-likeness (QED) is 0.200. The van der Waals surface area contributed by atoms with E-state index in [1.807, 2.05) is 6.08 Å². The first-order chi connectivity index (χ1) is 22.1. The summed E-state index contributed by atoms with van der Waals surface area (Å²) in [5.74, 6) is 1.20. The number of hydrogen-bond acceptors (Lipinski definition) is 1. The van der Waals surface area contributed by atoms with Crippen molar-refractivity contribution in [3.63, 3.8) is 0 Å². The Hall–Kier alpha value is -2.37. The van der Waals surface area contributed by atoms with Gasteiger partial charge in [-0.15, -0.1) is 0 Å². The van der Waals surface area contributed by atoms with Crippen molar-refractivity contribution in [2.75, 3.05) is 6.61 Å². The van der Waals surface area contributed by atoms with E-state index >= 15 is 0 Å². The van der Waals surface area contributed by atoms with Gasteiger partial charge < -0.3 is 4.74 Å². The molecule has 0 spiro atoms. The van der Waals surface area contributed by atoms with Crippen LogP contribution in [0.3, 0.4) is 0 Å². The van der Waals surface area contributed by atoms with Crippen LogP contribution in [0.25, 0.3) is 11.6 Å². The molecule has 0 saturated heterocycles. The minimum Gasteiger partial charge on any atom is -0.489 e. The lowest BCUT2D eigenvalue weighted by atomic mass is 9.72. The largest absolute Gasteiger partial charge is 0.489 e. The monoisotopic (exact) mass is 677 g/mol. The van der Waals surface area contributed by atoms with Crippen molar-refractivity contribution < 1.29 is 4.74 Å². The molecule has 48 heavy (non-hydrogen) atoms. The Bertz CT molecular complexity index is 1810. The van der Waals surface area contributed by atoms with Gasteiger partial charge in [0.15, 0.2) is 0 Å². The number of aryl methyl sites for hydroxylation is 1. The van der Waals surface area contributed by atoms with Crippen LogP contribution in [0.4, 0.5) is 0 Å². The maximum Gasteiger partial charge on any atom is 0.122 e. The first-order valence-electron chi connectivity index (χ1n) is 18.7. The van der Waals surface area contributed by atoms with Crippen molar-refractivity contribution in [1.82, 2.24) is 0 Å². The van der Waals surface area contributed by atoms with Crippen molar-refractivity contribution in [2.24, 2.45) is 10.8 Å². The van der Waals surface area contributed by atoms with E-state index in [1.54, 1.807) is 32.7 Å². The van der Waals surface area contributed by atoms with E-state index in [4.69, 9.17) is 4.74 Å². The third-order valence-electron chi connectivity index (χ3n) is 11.9. The molecule has 0 aromatic heterocycles. The molecule has 0 heterocycles. The van der Waals surface area contributed by atoms with Crippen LogP contribution in [0.5, 0.6) is 5.75 Å². The maximum atomic E-state index is 7.03. The molecule has 5 rings (SSSR count). The van der Waals surface area contributed by atoms with Gasteiger partial charge in [-0.3, -0.25) is 0 Å².